The van der Waals surface area contributed by atoms with E-state index in [1.54, 1.807) is 0 Å². The molecule has 0 heterocycles. The van der Waals surface area contributed by atoms with Gasteiger partial charge in [0.2, 0.25) is 0 Å². The molecule has 0 bridgehead atoms. The predicted molar refractivity (Wildman–Crippen MR) is 38.3 cm³/mol. The van der Waals surface area contributed by atoms with Crippen molar-refractivity contribution < 1.29 is 18.6 Å². The van der Waals surface area contributed by atoms with Gasteiger partial charge in [0.05, 0.1) is 0 Å². The van der Waals surface area contributed by atoms with Gasteiger partial charge in [-0.3, -0.25) is 0 Å². The Bertz CT molecular complexity index is 139. The molecule has 0 aliphatic heterocycles. The maximum Gasteiger partial charge on any atom is 0 e. The smallest absolute Gasteiger partial charge is 0 e. The third-order valence-corrected chi connectivity index (χ3v) is 0.940. The van der Waals surface area contributed by atoms with Gasteiger partial charge >= 0.3 is 29.6 Å². The molecule has 0 fully saturated rings. The molecule has 1 aromatic rings. The molecule has 0 saturated carbocycles. The molecule has 0 N–H and O–H groups in total. The first-order chi connectivity index (χ1) is 3.39. The van der Waals surface area contributed by atoms with Crippen molar-refractivity contribution in [2.45, 2.75) is 6.92 Å². The number of rotatable bonds is 0. The molecule has 1 aromatic carbocycles. The van der Waals surface area contributed by atoms with Crippen molar-refractivity contribution in [3.8, 4) is 0 Å². The second kappa shape index (κ2) is 6.92. The van der Waals surface area contributed by atoms with Crippen molar-refractivity contribution in [2.75, 3.05) is 0 Å². The predicted octanol–water partition coefficient (Wildman–Crippen LogP) is 1.34. The molecule has 0 aliphatic carbocycles. The van der Waals surface area contributed by atoms with Gasteiger partial charge < -0.3 is 0 Å². The van der Waals surface area contributed by atoms with Crippen LogP contribution in [0.15, 0.2) is 30.3 Å². The first-order valence-electron chi connectivity index (χ1n) is 2.41. The van der Waals surface area contributed by atoms with Crippen LogP contribution >= 0.6 is 0 Å². The monoisotopic (exact) mass is 167 g/mol. The van der Waals surface area contributed by atoms with Gasteiger partial charge in [-0.2, -0.15) is 0 Å². The van der Waals surface area contributed by atoms with Gasteiger partial charge in [-0.25, -0.2) is 0 Å². The Labute approximate surface area is 90.2 Å². The average molecular weight is 167 g/mol. The van der Waals surface area contributed by atoms with E-state index in [2.05, 4.69) is 19.1 Å². The summed E-state index contributed by atoms with van der Waals surface area (Å²) in [6, 6.07) is 10.3. The van der Waals surface area contributed by atoms with Crippen LogP contribution in [0.4, 0.5) is 0 Å². The Hall–Kier alpha value is 0.804. The Morgan fingerprint density at radius 2 is 1.44 bits per heavy atom. The molecule has 2 heteroatoms. The van der Waals surface area contributed by atoms with Crippen LogP contribution in [0.1, 0.15) is 5.56 Å². The van der Waals surface area contributed by atoms with Crippen molar-refractivity contribution >= 4 is 29.6 Å². The van der Waals surface area contributed by atoms with Crippen molar-refractivity contribution in [3.05, 3.63) is 35.9 Å². The Morgan fingerprint density at radius 1 is 1.00 bits per heavy atom. The van der Waals surface area contributed by atoms with Gasteiger partial charge in [-0.05, 0) is 6.92 Å². The molecule has 0 aromatic heterocycles. The van der Waals surface area contributed by atoms with Gasteiger partial charge in [0.1, 0.15) is 0 Å². The summed E-state index contributed by atoms with van der Waals surface area (Å²) in [4.78, 5) is 0. The zero-order chi connectivity index (χ0) is 5.11. The minimum absolute atomic E-state index is 0. The van der Waals surface area contributed by atoms with E-state index >= 15 is 0 Å². The first-order valence-corrected chi connectivity index (χ1v) is 2.41. The summed E-state index contributed by atoms with van der Waals surface area (Å²) >= 11 is 0. The number of hydrogen-bond acceptors (Lipinski definition) is 0. The van der Waals surface area contributed by atoms with Gasteiger partial charge in [0.15, 0.2) is 0 Å². The molecule has 0 spiro atoms. The summed E-state index contributed by atoms with van der Waals surface area (Å²) < 4.78 is 0. The second-order valence-electron chi connectivity index (χ2n) is 1.65. The van der Waals surface area contributed by atoms with Gasteiger partial charge in [-0.15, -0.1) is 0 Å². The van der Waals surface area contributed by atoms with Crippen LogP contribution in [0.25, 0.3) is 0 Å². The SMILES string of the molecule is Cc1ccccc1.[NaH].[V]. The van der Waals surface area contributed by atoms with E-state index in [9.17, 15) is 0 Å². The van der Waals surface area contributed by atoms with E-state index in [0.29, 0.717) is 0 Å². The fraction of sp³-hybridized carbons (Fsp3) is 0.143. The van der Waals surface area contributed by atoms with Crippen LogP contribution in [0.3, 0.4) is 0 Å². The third-order valence-electron chi connectivity index (χ3n) is 0.940. The molecule has 0 nitrogen and oxygen atoms in total. The number of benzene rings is 1. The zero-order valence-electron chi connectivity index (χ0n) is 4.83. The van der Waals surface area contributed by atoms with Crippen molar-refractivity contribution in [3.63, 3.8) is 0 Å². The van der Waals surface area contributed by atoms with Crippen LogP contribution in [0.2, 0.25) is 0 Å². The fourth-order valence-corrected chi connectivity index (χ4v) is 0.534. The Balaban J connectivity index is 0. The van der Waals surface area contributed by atoms with Gasteiger partial charge in [0.25, 0.3) is 0 Å². The molecule has 0 saturated heterocycles. The molecule has 0 atom stereocenters. The minimum atomic E-state index is 0. The van der Waals surface area contributed by atoms with E-state index in [1.165, 1.54) is 5.56 Å². The Morgan fingerprint density at radius 3 is 1.67 bits per heavy atom. The second-order valence-corrected chi connectivity index (χ2v) is 1.65. The third kappa shape index (κ3) is 5.26. The van der Waals surface area contributed by atoms with E-state index in [0.717, 1.165) is 0 Å². The molecule has 0 amide bonds. The summed E-state index contributed by atoms with van der Waals surface area (Å²) in [5, 5.41) is 0. The van der Waals surface area contributed by atoms with Crippen LogP contribution in [-0.2, 0) is 18.6 Å². The molecule has 1 radical (unpaired) electrons. The zero-order valence-corrected chi connectivity index (χ0v) is 6.23. The molecule has 43 valence electrons. The molecule has 1 rings (SSSR count). The van der Waals surface area contributed by atoms with Crippen molar-refractivity contribution in [1.29, 1.82) is 0 Å². The van der Waals surface area contributed by atoms with E-state index in [-0.39, 0.29) is 48.1 Å². The molecule has 0 aliphatic rings. The number of hydrogen-bond donors (Lipinski definition) is 0. The van der Waals surface area contributed by atoms with Crippen molar-refractivity contribution in [2.24, 2.45) is 0 Å². The van der Waals surface area contributed by atoms with E-state index in [4.69, 9.17) is 0 Å². The topological polar surface area (TPSA) is 0 Å². The average Bonchev–Trinajstić information content (AvgIpc) is 1.69. The molecular weight excluding hydrogens is 158 g/mol. The summed E-state index contributed by atoms with van der Waals surface area (Å²) in [6.45, 7) is 2.08. The van der Waals surface area contributed by atoms with Crippen LogP contribution in [0.5, 0.6) is 0 Å². The van der Waals surface area contributed by atoms with E-state index in [1.807, 2.05) is 18.2 Å². The van der Waals surface area contributed by atoms with Crippen LogP contribution in [-0.4, -0.2) is 29.6 Å². The molecular formula is C7H9NaV. The van der Waals surface area contributed by atoms with Gasteiger partial charge in [0, 0.05) is 18.6 Å². The van der Waals surface area contributed by atoms with Crippen LogP contribution < -0.4 is 0 Å². The standard InChI is InChI=1S/C7H8.Na.V.H/c1-7-5-3-2-4-6-7;;;/h2-6H,1H3;;;. The van der Waals surface area contributed by atoms with Crippen molar-refractivity contribution in [1.82, 2.24) is 0 Å². The maximum atomic E-state index is 2.08. The summed E-state index contributed by atoms with van der Waals surface area (Å²) in [6.07, 6.45) is 0. The first kappa shape index (κ1) is 12.5. The summed E-state index contributed by atoms with van der Waals surface area (Å²) in [7, 11) is 0. The largest absolute Gasteiger partial charge is 0 e. The molecule has 0 unspecified atom stereocenters. The fourth-order valence-electron chi connectivity index (χ4n) is 0.534. The summed E-state index contributed by atoms with van der Waals surface area (Å²) in [5.41, 5.74) is 1.32. The minimum Gasteiger partial charge on any atom is 0 e. The quantitative estimate of drug-likeness (QED) is 0.511. The number of aryl methyl sites for hydroxylation is 1. The van der Waals surface area contributed by atoms with Crippen LogP contribution in [0, 0.1) is 6.92 Å². The summed E-state index contributed by atoms with van der Waals surface area (Å²) in [5.74, 6) is 0. The maximum absolute atomic E-state index is 2.08. The normalized spacial score (nSPS) is 6.78. The van der Waals surface area contributed by atoms with E-state index < -0.39 is 0 Å². The Kier molecular flexibility index (Phi) is 9.59. The molecule has 9 heavy (non-hydrogen) atoms. The van der Waals surface area contributed by atoms with Gasteiger partial charge in [-0.1, -0.05) is 35.9 Å².